The molecule has 0 radical (unpaired) electrons. The molecule has 0 heterocycles. The molecule has 0 aromatic heterocycles. The number of carbonyl (C=O) groups is 1. The third kappa shape index (κ3) is 4.40. The molecule has 1 aromatic rings. The van der Waals surface area contributed by atoms with E-state index in [4.69, 9.17) is 4.74 Å². The highest BCUT2D eigenvalue weighted by molar-refractivity contribution is 5.76. The highest BCUT2D eigenvalue weighted by atomic mass is 16.5. The van der Waals surface area contributed by atoms with Gasteiger partial charge in [0.2, 0.25) is 0 Å². The predicted octanol–water partition coefficient (Wildman–Crippen LogP) is 3.69. The maximum Gasteiger partial charge on any atom is 0.310 e. The van der Waals surface area contributed by atoms with Crippen molar-refractivity contribution >= 4 is 5.97 Å². The SMILES string of the molecule is CC(C)CC(C(=O)O)c1ccc(OC(C)C)cc1. The van der Waals surface area contributed by atoms with E-state index >= 15 is 0 Å². The first kappa shape index (κ1) is 14.6. The minimum atomic E-state index is -0.763. The maximum atomic E-state index is 11.3. The zero-order valence-electron chi connectivity index (χ0n) is 11.5. The van der Waals surface area contributed by atoms with Gasteiger partial charge in [0.1, 0.15) is 5.75 Å². The first-order valence-corrected chi connectivity index (χ1v) is 6.39. The van der Waals surface area contributed by atoms with Crippen LogP contribution in [0.2, 0.25) is 0 Å². The molecule has 3 nitrogen and oxygen atoms in total. The number of rotatable bonds is 6. The molecule has 0 bridgehead atoms. The van der Waals surface area contributed by atoms with Crippen LogP contribution in [0.1, 0.15) is 45.6 Å². The smallest absolute Gasteiger partial charge is 0.310 e. The Labute approximate surface area is 109 Å². The minimum absolute atomic E-state index is 0.127. The van der Waals surface area contributed by atoms with Gasteiger partial charge in [0, 0.05) is 0 Å². The van der Waals surface area contributed by atoms with Crippen molar-refractivity contribution in [1.29, 1.82) is 0 Å². The van der Waals surface area contributed by atoms with E-state index in [0.717, 1.165) is 11.3 Å². The lowest BCUT2D eigenvalue weighted by atomic mass is 9.90. The third-order valence-corrected chi connectivity index (χ3v) is 2.66. The lowest BCUT2D eigenvalue weighted by molar-refractivity contribution is -0.139. The van der Waals surface area contributed by atoms with Crippen LogP contribution in [0.4, 0.5) is 0 Å². The Morgan fingerprint density at radius 2 is 1.72 bits per heavy atom. The molecule has 0 saturated heterocycles. The van der Waals surface area contributed by atoms with E-state index in [9.17, 15) is 9.90 Å². The van der Waals surface area contributed by atoms with Crippen molar-refractivity contribution in [2.24, 2.45) is 5.92 Å². The second-order valence-electron chi connectivity index (χ2n) is 5.26. The number of ether oxygens (including phenoxy) is 1. The van der Waals surface area contributed by atoms with E-state index < -0.39 is 11.9 Å². The largest absolute Gasteiger partial charge is 0.491 e. The molecule has 0 fully saturated rings. The minimum Gasteiger partial charge on any atom is -0.491 e. The number of carboxylic acids is 1. The number of benzene rings is 1. The molecular weight excluding hydrogens is 228 g/mol. The van der Waals surface area contributed by atoms with Gasteiger partial charge in [-0.05, 0) is 43.9 Å². The molecule has 1 N–H and O–H groups in total. The average Bonchev–Trinajstić information content (AvgIpc) is 2.26. The summed E-state index contributed by atoms with van der Waals surface area (Å²) in [6.45, 7) is 8.00. The summed E-state index contributed by atoms with van der Waals surface area (Å²) in [7, 11) is 0. The molecule has 0 amide bonds. The topological polar surface area (TPSA) is 46.5 Å². The van der Waals surface area contributed by atoms with Crippen LogP contribution >= 0.6 is 0 Å². The van der Waals surface area contributed by atoms with Crippen LogP contribution in [0.15, 0.2) is 24.3 Å². The van der Waals surface area contributed by atoms with Crippen LogP contribution in [-0.2, 0) is 4.79 Å². The van der Waals surface area contributed by atoms with Crippen molar-refractivity contribution in [1.82, 2.24) is 0 Å². The van der Waals surface area contributed by atoms with Crippen LogP contribution in [0, 0.1) is 5.92 Å². The first-order chi connectivity index (χ1) is 8.40. The van der Waals surface area contributed by atoms with Crippen LogP contribution in [-0.4, -0.2) is 17.2 Å². The van der Waals surface area contributed by atoms with Gasteiger partial charge in [-0.1, -0.05) is 26.0 Å². The van der Waals surface area contributed by atoms with Crippen molar-refractivity contribution < 1.29 is 14.6 Å². The summed E-state index contributed by atoms with van der Waals surface area (Å²) in [5.74, 6) is -0.0561. The molecule has 0 spiro atoms. The molecule has 0 aliphatic heterocycles. The van der Waals surface area contributed by atoms with Gasteiger partial charge in [-0.2, -0.15) is 0 Å². The maximum absolute atomic E-state index is 11.3. The van der Waals surface area contributed by atoms with Gasteiger partial charge >= 0.3 is 5.97 Å². The lowest BCUT2D eigenvalue weighted by Crippen LogP contribution is -2.14. The van der Waals surface area contributed by atoms with E-state index in [0.29, 0.717) is 12.3 Å². The summed E-state index contributed by atoms with van der Waals surface area (Å²) in [6, 6.07) is 7.37. The Morgan fingerprint density at radius 3 is 2.11 bits per heavy atom. The van der Waals surface area contributed by atoms with E-state index in [1.54, 1.807) is 0 Å². The van der Waals surface area contributed by atoms with E-state index in [2.05, 4.69) is 0 Å². The first-order valence-electron chi connectivity index (χ1n) is 6.39. The Bertz CT molecular complexity index is 379. The summed E-state index contributed by atoms with van der Waals surface area (Å²) in [5.41, 5.74) is 0.840. The van der Waals surface area contributed by atoms with E-state index in [-0.39, 0.29) is 6.10 Å². The number of carboxylic acid groups (broad SMARTS) is 1. The number of hydrogen-bond acceptors (Lipinski definition) is 2. The average molecular weight is 250 g/mol. The van der Waals surface area contributed by atoms with Crippen molar-refractivity contribution in [2.75, 3.05) is 0 Å². The van der Waals surface area contributed by atoms with Crippen molar-refractivity contribution in [2.45, 2.75) is 46.1 Å². The van der Waals surface area contributed by atoms with Crippen LogP contribution in [0.3, 0.4) is 0 Å². The fraction of sp³-hybridized carbons (Fsp3) is 0.533. The Kier molecular flexibility index (Phi) is 5.20. The van der Waals surface area contributed by atoms with Crippen LogP contribution < -0.4 is 4.74 Å². The second kappa shape index (κ2) is 6.43. The van der Waals surface area contributed by atoms with Crippen LogP contribution in [0.25, 0.3) is 0 Å². The van der Waals surface area contributed by atoms with Gasteiger partial charge < -0.3 is 9.84 Å². The fourth-order valence-electron chi connectivity index (χ4n) is 1.90. The van der Waals surface area contributed by atoms with Gasteiger partial charge in [-0.25, -0.2) is 0 Å². The highest BCUT2D eigenvalue weighted by Gasteiger charge is 2.20. The van der Waals surface area contributed by atoms with Crippen molar-refractivity contribution in [3.63, 3.8) is 0 Å². The molecule has 3 heteroatoms. The fourth-order valence-corrected chi connectivity index (χ4v) is 1.90. The molecule has 1 atom stereocenters. The molecule has 1 aromatic carbocycles. The summed E-state index contributed by atoms with van der Waals surface area (Å²) in [6.07, 6.45) is 0.779. The molecule has 0 aliphatic carbocycles. The molecular formula is C15H22O3. The molecule has 1 rings (SSSR count). The van der Waals surface area contributed by atoms with Gasteiger partial charge in [-0.3, -0.25) is 4.79 Å². The van der Waals surface area contributed by atoms with Crippen molar-refractivity contribution in [3.05, 3.63) is 29.8 Å². The zero-order valence-corrected chi connectivity index (χ0v) is 11.5. The Balaban J connectivity index is 2.83. The molecule has 1 unspecified atom stereocenters. The number of aliphatic carboxylic acids is 1. The molecule has 0 saturated carbocycles. The van der Waals surface area contributed by atoms with E-state index in [1.165, 1.54) is 0 Å². The van der Waals surface area contributed by atoms with Gasteiger partial charge in [-0.15, -0.1) is 0 Å². The lowest BCUT2D eigenvalue weighted by Gasteiger charge is -2.16. The Morgan fingerprint density at radius 1 is 1.17 bits per heavy atom. The van der Waals surface area contributed by atoms with Crippen molar-refractivity contribution in [3.8, 4) is 5.75 Å². The molecule has 100 valence electrons. The summed E-state index contributed by atoms with van der Waals surface area (Å²) in [5, 5.41) is 9.26. The van der Waals surface area contributed by atoms with Gasteiger partial charge in [0.05, 0.1) is 12.0 Å². The summed E-state index contributed by atoms with van der Waals surface area (Å²) in [4.78, 5) is 11.3. The number of hydrogen-bond donors (Lipinski definition) is 1. The summed E-state index contributed by atoms with van der Waals surface area (Å²) >= 11 is 0. The van der Waals surface area contributed by atoms with Gasteiger partial charge in [0.25, 0.3) is 0 Å². The highest BCUT2D eigenvalue weighted by Crippen LogP contribution is 2.26. The summed E-state index contributed by atoms with van der Waals surface area (Å²) < 4.78 is 5.54. The third-order valence-electron chi connectivity index (χ3n) is 2.66. The predicted molar refractivity (Wildman–Crippen MR) is 72.0 cm³/mol. The standard InChI is InChI=1S/C15H22O3/c1-10(2)9-14(15(16)17)12-5-7-13(8-6-12)18-11(3)4/h5-8,10-11,14H,9H2,1-4H3,(H,16,17). The molecule has 18 heavy (non-hydrogen) atoms. The second-order valence-corrected chi connectivity index (χ2v) is 5.26. The zero-order chi connectivity index (χ0) is 13.7. The monoisotopic (exact) mass is 250 g/mol. The Hall–Kier alpha value is -1.51. The normalized spacial score (nSPS) is 12.8. The molecule has 0 aliphatic rings. The van der Waals surface area contributed by atoms with Gasteiger partial charge in [0.15, 0.2) is 0 Å². The van der Waals surface area contributed by atoms with E-state index in [1.807, 2.05) is 52.0 Å². The quantitative estimate of drug-likeness (QED) is 0.837. The van der Waals surface area contributed by atoms with Crippen LogP contribution in [0.5, 0.6) is 5.75 Å².